The van der Waals surface area contributed by atoms with E-state index in [4.69, 9.17) is 12.2 Å². The van der Waals surface area contributed by atoms with Gasteiger partial charge in [-0.05, 0) is 31.4 Å². The van der Waals surface area contributed by atoms with Gasteiger partial charge in [0.05, 0.1) is 0 Å². The lowest BCUT2D eigenvalue weighted by molar-refractivity contribution is -0.118. The van der Waals surface area contributed by atoms with Gasteiger partial charge in [0.25, 0.3) is 0 Å². The lowest BCUT2D eigenvalue weighted by Crippen LogP contribution is -2.35. The molecule has 3 N–H and O–H groups in total. The van der Waals surface area contributed by atoms with Crippen molar-refractivity contribution in [3.63, 3.8) is 0 Å². The van der Waals surface area contributed by atoms with Crippen molar-refractivity contribution in [2.24, 2.45) is 5.73 Å². The van der Waals surface area contributed by atoms with E-state index in [0.717, 1.165) is 30.5 Å². The highest BCUT2D eigenvalue weighted by atomic mass is 16.1. The van der Waals surface area contributed by atoms with Gasteiger partial charge in [-0.25, -0.2) is 9.97 Å². The van der Waals surface area contributed by atoms with Gasteiger partial charge in [-0.3, -0.25) is 9.78 Å². The van der Waals surface area contributed by atoms with Gasteiger partial charge < -0.3 is 11.1 Å². The van der Waals surface area contributed by atoms with E-state index >= 15 is 0 Å². The SMILES string of the molecule is C#CCC(Nc1nc(-c2ccccn2)nc2c1CCC2)C(N)=O. The number of hydrogen-bond donors (Lipinski definition) is 2. The first-order valence-corrected chi connectivity index (χ1v) is 7.49. The van der Waals surface area contributed by atoms with Crippen LogP contribution in [0.3, 0.4) is 0 Å². The standard InChI is InChI=1S/C17H17N5O/c1-2-6-13(15(18)23)21-16-11-7-5-9-12(11)20-17(22-16)14-8-3-4-10-19-14/h1,3-4,8,10,13H,5-7,9H2,(H2,18,23)(H,20,21,22). The van der Waals surface area contributed by atoms with E-state index in [1.54, 1.807) is 6.20 Å². The first-order chi connectivity index (χ1) is 11.2. The van der Waals surface area contributed by atoms with Crippen LogP contribution in [0.2, 0.25) is 0 Å². The van der Waals surface area contributed by atoms with Crippen molar-refractivity contribution in [3.8, 4) is 23.9 Å². The summed E-state index contributed by atoms with van der Waals surface area (Å²) in [6.45, 7) is 0. The maximum Gasteiger partial charge on any atom is 0.240 e. The molecule has 0 saturated carbocycles. The van der Waals surface area contributed by atoms with Crippen LogP contribution in [0.5, 0.6) is 0 Å². The second kappa shape index (κ2) is 6.44. The van der Waals surface area contributed by atoms with Crippen molar-refractivity contribution in [3.05, 3.63) is 35.7 Å². The van der Waals surface area contributed by atoms with Gasteiger partial charge in [0.2, 0.25) is 5.91 Å². The van der Waals surface area contributed by atoms with Crippen LogP contribution >= 0.6 is 0 Å². The van der Waals surface area contributed by atoms with Gasteiger partial charge >= 0.3 is 0 Å². The van der Waals surface area contributed by atoms with Crippen molar-refractivity contribution < 1.29 is 4.79 Å². The molecule has 0 aliphatic heterocycles. The van der Waals surface area contributed by atoms with Crippen molar-refractivity contribution in [2.45, 2.75) is 31.7 Å². The number of nitrogens with zero attached hydrogens (tertiary/aromatic N) is 3. The molecular formula is C17H17N5O. The van der Waals surface area contributed by atoms with Crippen molar-refractivity contribution in [2.75, 3.05) is 5.32 Å². The van der Waals surface area contributed by atoms with Crippen LogP contribution in [-0.2, 0) is 17.6 Å². The quantitative estimate of drug-likeness (QED) is 0.812. The first kappa shape index (κ1) is 15.0. The summed E-state index contributed by atoms with van der Waals surface area (Å²) in [5, 5.41) is 3.09. The Kier molecular flexibility index (Phi) is 4.20. The molecule has 1 atom stereocenters. The number of hydrogen-bond acceptors (Lipinski definition) is 5. The molecular weight excluding hydrogens is 290 g/mol. The number of aromatic nitrogens is 3. The van der Waals surface area contributed by atoms with Gasteiger partial charge in [0.1, 0.15) is 17.6 Å². The fourth-order valence-electron chi connectivity index (χ4n) is 2.67. The van der Waals surface area contributed by atoms with Gasteiger partial charge in [0.15, 0.2) is 5.82 Å². The van der Waals surface area contributed by atoms with Crippen LogP contribution < -0.4 is 11.1 Å². The number of fused-ring (bicyclic) bond motifs is 1. The summed E-state index contributed by atoms with van der Waals surface area (Å²) in [5.41, 5.74) is 8.13. The van der Waals surface area contributed by atoms with Crippen LogP contribution in [-0.4, -0.2) is 26.9 Å². The van der Waals surface area contributed by atoms with E-state index in [1.807, 2.05) is 18.2 Å². The van der Waals surface area contributed by atoms with Crippen LogP contribution in [0.15, 0.2) is 24.4 Å². The van der Waals surface area contributed by atoms with E-state index < -0.39 is 11.9 Å². The largest absolute Gasteiger partial charge is 0.368 e. The summed E-state index contributed by atoms with van der Waals surface area (Å²) in [6, 6.07) is 4.94. The Hall–Kier alpha value is -2.94. The lowest BCUT2D eigenvalue weighted by atomic mass is 10.1. The fraction of sp³-hybridized carbons (Fsp3) is 0.294. The fourth-order valence-corrected chi connectivity index (χ4v) is 2.67. The van der Waals surface area contributed by atoms with Crippen LogP contribution in [0, 0.1) is 12.3 Å². The van der Waals surface area contributed by atoms with E-state index in [9.17, 15) is 4.79 Å². The number of carbonyl (C=O) groups is 1. The summed E-state index contributed by atoms with van der Waals surface area (Å²) < 4.78 is 0. The molecule has 2 heterocycles. The third-order valence-corrected chi connectivity index (χ3v) is 3.80. The summed E-state index contributed by atoms with van der Waals surface area (Å²) in [6.07, 6.45) is 10.0. The summed E-state index contributed by atoms with van der Waals surface area (Å²) in [7, 11) is 0. The zero-order chi connectivity index (χ0) is 16.2. The molecule has 2 aromatic rings. The molecule has 23 heavy (non-hydrogen) atoms. The van der Waals surface area contributed by atoms with Crippen LogP contribution in [0.1, 0.15) is 24.1 Å². The number of aryl methyl sites for hydroxylation is 1. The number of nitrogens with one attached hydrogen (secondary N) is 1. The molecule has 0 bridgehead atoms. The maximum absolute atomic E-state index is 11.6. The van der Waals surface area contributed by atoms with Crippen LogP contribution in [0.25, 0.3) is 11.5 Å². The zero-order valence-electron chi connectivity index (χ0n) is 12.6. The van der Waals surface area contributed by atoms with Gasteiger partial charge in [-0.2, -0.15) is 0 Å². The van der Waals surface area contributed by atoms with E-state index in [2.05, 4.69) is 26.2 Å². The molecule has 6 nitrogen and oxygen atoms in total. The molecule has 0 fully saturated rings. The number of amides is 1. The summed E-state index contributed by atoms with van der Waals surface area (Å²) >= 11 is 0. The van der Waals surface area contributed by atoms with Gasteiger partial charge in [-0.1, -0.05) is 6.07 Å². The predicted octanol–water partition coefficient (Wildman–Crippen LogP) is 1.32. The number of pyridine rings is 1. The van der Waals surface area contributed by atoms with E-state index in [-0.39, 0.29) is 6.42 Å². The van der Waals surface area contributed by atoms with E-state index in [0.29, 0.717) is 17.3 Å². The smallest absolute Gasteiger partial charge is 0.240 e. The molecule has 1 aliphatic rings. The zero-order valence-corrected chi connectivity index (χ0v) is 12.6. The minimum absolute atomic E-state index is 0.215. The number of nitrogens with two attached hydrogens (primary N) is 1. The number of terminal acetylenes is 1. The molecule has 0 radical (unpaired) electrons. The molecule has 1 amide bonds. The van der Waals surface area contributed by atoms with Crippen molar-refractivity contribution in [1.82, 2.24) is 15.0 Å². The number of primary amides is 1. The number of carbonyl (C=O) groups excluding carboxylic acids is 1. The van der Waals surface area contributed by atoms with E-state index in [1.165, 1.54) is 0 Å². The van der Waals surface area contributed by atoms with Crippen molar-refractivity contribution in [1.29, 1.82) is 0 Å². The summed E-state index contributed by atoms with van der Waals surface area (Å²) in [5.74, 6) is 3.14. The number of rotatable bonds is 5. The molecule has 0 saturated heterocycles. The monoisotopic (exact) mass is 307 g/mol. The topological polar surface area (TPSA) is 93.8 Å². The minimum atomic E-state index is -0.642. The molecule has 0 aromatic carbocycles. The maximum atomic E-state index is 11.6. The third kappa shape index (κ3) is 3.14. The van der Waals surface area contributed by atoms with Gasteiger partial charge in [-0.15, -0.1) is 12.3 Å². The number of anilines is 1. The van der Waals surface area contributed by atoms with Gasteiger partial charge in [0, 0.05) is 23.9 Å². The Labute approximate surface area is 134 Å². The normalized spacial score (nSPS) is 13.9. The Balaban J connectivity index is 2.01. The third-order valence-electron chi connectivity index (χ3n) is 3.80. The summed E-state index contributed by atoms with van der Waals surface area (Å²) in [4.78, 5) is 25.0. The molecule has 1 unspecified atom stereocenters. The Morgan fingerprint density at radius 3 is 2.96 bits per heavy atom. The Morgan fingerprint density at radius 2 is 2.26 bits per heavy atom. The highest BCUT2D eigenvalue weighted by Crippen LogP contribution is 2.29. The second-order valence-corrected chi connectivity index (χ2v) is 5.40. The molecule has 116 valence electrons. The first-order valence-electron chi connectivity index (χ1n) is 7.49. The Bertz CT molecular complexity index is 767. The Morgan fingerprint density at radius 1 is 1.39 bits per heavy atom. The average Bonchev–Trinajstić information content (AvgIpc) is 3.03. The van der Waals surface area contributed by atoms with Crippen LogP contribution in [0.4, 0.5) is 5.82 Å². The second-order valence-electron chi connectivity index (χ2n) is 5.40. The predicted molar refractivity (Wildman–Crippen MR) is 87.3 cm³/mol. The molecule has 2 aromatic heterocycles. The minimum Gasteiger partial charge on any atom is -0.368 e. The highest BCUT2D eigenvalue weighted by molar-refractivity contribution is 5.83. The lowest BCUT2D eigenvalue weighted by Gasteiger charge is -2.17. The average molecular weight is 307 g/mol. The molecule has 6 heteroatoms. The molecule has 3 rings (SSSR count). The highest BCUT2D eigenvalue weighted by Gasteiger charge is 2.23. The van der Waals surface area contributed by atoms with Crippen molar-refractivity contribution >= 4 is 11.7 Å². The molecule has 1 aliphatic carbocycles. The molecule has 0 spiro atoms.